The Labute approximate surface area is 232 Å². The quantitative estimate of drug-likeness (QED) is 0.223. The summed E-state index contributed by atoms with van der Waals surface area (Å²) >= 11 is 0. The third-order valence-corrected chi connectivity index (χ3v) is 10.4. The lowest BCUT2D eigenvalue weighted by atomic mass is 9.97. The fourth-order valence-corrected chi connectivity index (χ4v) is 7.88. The Bertz CT molecular complexity index is 1580. The van der Waals surface area contributed by atoms with Crippen LogP contribution in [-0.2, 0) is 37.3 Å². The summed E-state index contributed by atoms with van der Waals surface area (Å²) in [4.78, 5) is 27.2. The van der Waals surface area contributed by atoms with Crippen molar-refractivity contribution in [1.82, 2.24) is 0 Å². The van der Waals surface area contributed by atoms with Gasteiger partial charge in [0.15, 0.2) is 25.6 Å². The Hall–Kier alpha value is -3.33. The molecule has 0 saturated heterocycles. The number of esters is 1. The number of aliphatic hydroxyl groups excluding tert-OH is 2. The van der Waals surface area contributed by atoms with Gasteiger partial charge in [-0.2, -0.15) is 4.99 Å². The maximum Gasteiger partial charge on any atom is 0.338 e. The van der Waals surface area contributed by atoms with Crippen molar-refractivity contribution in [2.45, 2.75) is 61.5 Å². The molecule has 2 aromatic rings. The third kappa shape index (κ3) is 6.35. The van der Waals surface area contributed by atoms with Gasteiger partial charge in [-0.05, 0) is 60.1 Å². The highest BCUT2D eigenvalue weighted by Crippen LogP contribution is 2.36. The molecular weight excluding hydrogens is 562 g/mol. The minimum Gasteiger partial charge on any atom is -0.465 e. The van der Waals surface area contributed by atoms with Crippen molar-refractivity contribution in [3.63, 3.8) is 0 Å². The molecule has 2 aliphatic rings. The molecule has 2 atom stereocenters. The van der Waals surface area contributed by atoms with Crippen molar-refractivity contribution >= 4 is 37.5 Å². The zero-order valence-corrected chi connectivity index (χ0v) is 24.0. The van der Waals surface area contributed by atoms with Gasteiger partial charge >= 0.3 is 5.97 Å². The second kappa shape index (κ2) is 12.0. The minimum absolute atomic E-state index is 0.0207. The molecule has 14 heteroatoms. The van der Waals surface area contributed by atoms with Crippen LogP contribution < -0.4 is 11.5 Å². The summed E-state index contributed by atoms with van der Waals surface area (Å²) < 4.78 is 52.9. The van der Waals surface area contributed by atoms with Gasteiger partial charge in [0, 0.05) is 5.56 Å². The zero-order valence-electron chi connectivity index (χ0n) is 22.4. The number of benzene rings is 2. The monoisotopic (exact) mass is 595 g/mol. The average molecular weight is 596 g/mol. The van der Waals surface area contributed by atoms with Gasteiger partial charge in [0.25, 0.3) is 5.91 Å². The molecule has 2 heterocycles. The molecule has 0 radical (unpaired) electrons. The average Bonchev–Trinajstić information content (AvgIpc) is 2.91. The van der Waals surface area contributed by atoms with Gasteiger partial charge in [-0.3, -0.25) is 4.79 Å². The number of hydrogen-bond acceptors (Lipinski definition) is 9. The van der Waals surface area contributed by atoms with Crippen LogP contribution >= 0.6 is 0 Å². The van der Waals surface area contributed by atoms with Crippen LogP contribution in [0.4, 0.5) is 0 Å². The lowest BCUT2D eigenvalue weighted by Gasteiger charge is -2.23. The van der Waals surface area contributed by atoms with Gasteiger partial charge in [-0.1, -0.05) is 26.0 Å². The number of nitrogens with zero attached hydrogens (tertiary/aromatic N) is 1. The normalized spacial score (nSPS) is 20.1. The van der Waals surface area contributed by atoms with Crippen LogP contribution in [0, 0.1) is 0 Å². The lowest BCUT2D eigenvalue weighted by Crippen LogP contribution is -2.25. The predicted octanol–water partition coefficient (Wildman–Crippen LogP) is 1.12. The van der Waals surface area contributed by atoms with Crippen LogP contribution in [0.15, 0.2) is 39.0 Å². The Kier molecular flexibility index (Phi) is 9.39. The first-order valence-electron chi connectivity index (χ1n) is 12.5. The molecule has 218 valence electrons. The van der Waals surface area contributed by atoms with E-state index >= 15 is 0 Å². The van der Waals surface area contributed by atoms with Gasteiger partial charge in [0.1, 0.15) is 0 Å². The molecule has 2 aliphatic heterocycles. The topological polar surface area (TPSA) is 217 Å². The number of ether oxygens (including phenoxy) is 1. The fourth-order valence-electron chi connectivity index (χ4n) is 4.67. The third-order valence-electron chi connectivity index (χ3n) is 6.81. The van der Waals surface area contributed by atoms with Crippen LogP contribution in [0.3, 0.4) is 0 Å². The van der Waals surface area contributed by atoms with Crippen LogP contribution in [0.5, 0.6) is 0 Å². The van der Waals surface area contributed by atoms with Crippen molar-refractivity contribution in [2.75, 3.05) is 18.6 Å². The van der Waals surface area contributed by atoms with E-state index in [-0.39, 0.29) is 51.2 Å². The van der Waals surface area contributed by atoms with E-state index < -0.39 is 43.8 Å². The Morgan fingerprint density at radius 3 is 1.68 bits per heavy atom. The molecule has 0 bridgehead atoms. The number of fused-ring (bicyclic) bond motifs is 2. The molecule has 1 amide bonds. The summed E-state index contributed by atoms with van der Waals surface area (Å²) in [7, 11) is -5.69. The molecule has 6 N–H and O–H groups in total. The van der Waals surface area contributed by atoms with E-state index in [1.165, 1.54) is 19.2 Å². The van der Waals surface area contributed by atoms with Gasteiger partial charge in [-0.25, -0.2) is 21.6 Å². The maximum atomic E-state index is 12.1. The van der Waals surface area contributed by atoms with Crippen LogP contribution in [-0.4, -0.2) is 63.5 Å². The van der Waals surface area contributed by atoms with E-state index in [1.54, 1.807) is 12.1 Å². The number of carbonyl (C=O) groups is 2. The molecule has 12 nitrogen and oxygen atoms in total. The summed E-state index contributed by atoms with van der Waals surface area (Å²) in [6, 6.07) is 5.74. The number of hydrogen-bond donors (Lipinski definition) is 4. The van der Waals surface area contributed by atoms with E-state index in [2.05, 4.69) is 9.73 Å². The number of carbonyl (C=O) groups excluding carboxylic acids is 2. The molecule has 0 aliphatic carbocycles. The SMILES string of the molecule is CCc1cc2c(cc1C(=O)N=C(N)N)S(=O)(=O)CCC2O.CCc1cc2c(cc1C(=O)OC)S(=O)(=O)CCC2O. The number of aryl methyl sites for hydroxylation is 2. The number of methoxy groups -OCH3 is 1. The first-order valence-corrected chi connectivity index (χ1v) is 15.8. The smallest absolute Gasteiger partial charge is 0.338 e. The number of nitrogens with two attached hydrogens (primary N) is 2. The van der Waals surface area contributed by atoms with E-state index in [1.807, 2.05) is 13.8 Å². The summed E-state index contributed by atoms with van der Waals surface area (Å²) in [6.45, 7) is 3.68. The van der Waals surface area contributed by atoms with Crippen molar-refractivity contribution in [3.05, 3.63) is 57.6 Å². The highest BCUT2D eigenvalue weighted by atomic mass is 32.2. The molecule has 0 spiro atoms. The summed E-state index contributed by atoms with van der Waals surface area (Å²) in [5.74, 6) is -1.89. The predicted molar refractivity (Wildman–Crippen MR) is 146 cm³/mol. The van der Waals surface area contributed by atoms with Crippen LogP contribution in [0.1, 0.15) is 81.9 Å². The molecule has 2 unspecified atom stereocenters. The number of amides is 1. The van der Waals surface area contributed by atoms with Gasteiger partial charge < -0.3 is 26.4 Å². The van der Waals surface area contributed by atoms with Crippen molar-refractivity contribution in [3.8, 4) is 0 Å². The molecular formula is C26H33N3O9S2. The number of guanidine groups is 1. The molecule has 40 heavy (non-hydrogen) atoms. The van der Waals surface area contributed by atoms with E-state index in [0.29, 0.717) is 35.1 Å². The largest absolute Gasteiger partial charge is 0.465 e. The number of aliphatic imine (C=N–C) groups is 1. The minimum atomic E-state index is -3.51. The fraction of sp³-hybridized carbons (Fsp3) is 0.423. The van der Waals surface area contributed by atoms with Crippen LogP contribution in [0.25, 0.3) is 0 Å². The summed E-state index contributed by atoms with van der Waals surface area (Å²) in [5.41, 5.74) is 12.8. The summed E-state index contributed by atoms with van der Waals surface area (Å²) in [6.07, 6.45) is -0.252. The highest BCUT2D eigenvalue weighted by Gasteiger charge is 2.32. The Balaban J connectivity index is 0.000000222. The number of sulfone groups is 2. The molecule has 0 saturated carbocycles. The molecule has 4 rings (SSSR count). The molecule has 0 fully saturated rings. The maximum absolute atomic E-state index is 12.1. The van der Waals surface area contributed by atoms with Crippen LogP contribution in [0.2, 0.25) is 0 Å². The number of rotatable bonds is 4. The zero-order chi connectivity index (χ0) is 30.0. The Morgan fingerprint density at radius 1 is 0.850 bits per heavy atom. The first kappa shape index (κ1) is 31.2. The van der Waals surface area contributed by atoms with E-state index in [4.69, 9.17) is 11.5 Å². The second-order valence-electron chi connectivity index (χ2n) is 9.38. The highest BCUT2D eigenvalue weighted by molar-refractivity contribution is 7.91. The number of aliphatic hydroxyl groups is 2. The second-order valence-corrected chi connectivity index (χ2v) is 13.5. The summed E-state index contributed by atoms with van der Waals surface area (Å²) in [5, 5.41) is 19.9. The molecule has 0 aromatic heterocycles. The van der Waals surface area contributed by atoms with Gasteiger partial charge in [0.05, 0.1) is 46.2 Å². The molecule has 2 aromatic carbocycles. The standard InChI is InChI=1S/C13H17N3O4S.C13H16O5S/c1-2-7-5-9-10(17)3-4-21(19,20)11(9)6-8(7)12(18)16-13(14)15;1-3-8-6-10-11(14)4-5-19(16,17)12(10)7-9(8)13(15)18-2/h5-6,10,17H,2-4H2,1H3,(H4,14,15,16,18);6-7,11,14H,3-5H2,1-2H3. The van der Waals surface area contributed by atoms with Gasteiger partial charge in [0.2, 0.25) is 0 Å². The first-order chi connectivity index (χ1) is 18.7. The van der Waals surface area contributed by atoms with E-state index in [0.717, 1.165) is 0 Å². The van der Waals surface area contributed by atoms with E-state index in [9.17, 15) is 36.6 Å². The van der Waals surface area contributed by atoms with Crippen molar-refractivity contribution in [1.29, 1.82) is 0 Å². The Morgan fingerprint density at radius 2 is 1.27 bits per heavy atom. The van der Waals surface area contributed by atoms with Crippen molar-refractivity contribution < 1.29 is 41.4 Å². The van der Waals surface area contributed by atoms with Gasteiger partial charge in [-0.15, -0.1) is 0 Å². The van der Waals surface area contributed by atoms with Crippen molar-refractivity contribution in [2.24, 2.45) is 16.5 Å². The lowest BCUT2D eigenvalue weighted by molar-refractivity contribution is 0.0598.